The third kappa shape index (κ3) is 5.45. The van der Waals surface area contributed by atoms with Crippen LogP contribution in [0.25, 0.3) is 0 Å². The molecule has 4 heteroatoms. The fourth-order valence-electron chi connectivity index (χ4n) is 1.99. The highest BCUT2D eigenvalue weighted by Crippen LogP contribution is 2.20. The summed E-state index contributed by atoms with van der Waals surface area (Å²) in [6.07, 6.45) is 5.32. The van der Waals surface area contributed by atoms with Crippen molar-refractivity contribution in [3.05, 3.63) is 17.7 Å². The van der Waals surface area contributed by atoms with E-state index in [1.807, 2.05) is 6.20 Å². The summed E-state index contributed by atoms with van der Waals surface area (Å²) in [4.78, 5) is 9.07. The van der Waals surface area contributed by atoms with Gasteiger partial charge in [0.2, 0.25) is 0 Å². The van der Waals surface area contributed by atoms with E-state index in [-0.39, 0.29) is 6.10 Å². The molecule has 0 saturated heterocycles. The second-order valence-electron chi connectivity index (χ2n) is 5.59. The number of hydrogen-bond acceptors (Lipinski definition) is 4. The molecule has 1 rings (SSSR count). The molecule has 1 N–H and O–H groups in total. The van der Waals surface area contributed by atoms with E-state index in [0.717, 1.165) is 49.6 Å². The lowest BCUT2D eigenvalue weighted by Gasteiger charge is -2.17. The molecule has 0 amide bonds. The van der Waals surface area contributed by atoms with Crippen LogP contribution in [0.3, 0.4) is 0 Å². The van der Waals surface area contributed by atoms with Crippen molar-refractivity contribution in [1.29, 1.82) is 0 Å². The van der Waals surface area contributed by atoms with Crippen LogP contribution < -0.4 is 10.1 Å². The average molecular weight is 279 g/mol. The summed E-state index contributed by atoms with van der Waals surface area (Å²) in [7, 11) is 0. The Kier molecular flexibility index (Phi) is 7.52. The van der Waals surface area contributed by atoms with Gasteiger partial charge >= 0.3 is 0 Å². The van der Waals surface area contributed by atoms with Crippen molar-refractivity contribution in [3.8, 4) is 5.75 Å². The Bertz CT molecular complexity index is 393. The van der Waals surface area contributed by atoms with Crippen LogP contribution in [-0.4, -0.2) is 22.6 Å². The lowest BCUT2D eigenvalue weighted by Crippen LogP contribution is -2.19. The Morgan fingerprint density at radius 3 is 2.55 bits per heavy atom. The largest absolute Gasteiger partial charge is 0.487 e. The Morgan fingerprint density at radius 2 is 1.95 bits per heavy atom. The van der Waals surface area contributed by atoms with Crippen molar-refractivity contribution in [2.75, 3.05) is 6.54 Å². The van der Waals surface area contributed by atoms with Gasteiger partial charge in [-0.2, -0.15) is 0 Å². The van der Waals surface area contributed by atoms with E-state index in [1.165, 1.54) is 0 Å². The van der Waals surface area contributed by atoms with E-state index < -0.39 is 0 Å². The summed E-state index contributed by atoms with van der Waals surface area (Å²) in [6.45, 7) is 12.4. The lowest BCUT2D eigenvalue weighted by atomic mass is 10.2. The molecular formula is C16H29N3O. The maximum atomic E-state index is 5.99. The Balaban J connectivity index is 2.84. The SMILES string of the molecule is CCCNCc1nc(C(C)C)ncc1OC(C)CCC. The topological polar surface area (TPSA) is 47.0 Å². The summed E-state index contributed by atoms with van der Waals surface area (Å²) in [6, 6.07) is 0. The van der Waals surface area contributed by atoms with E-state index in [4.69, 9.17) is 4.74 Å². The number of nitrogens with zero attached hydrogens (tertiary/aromatic N) is 2. The predicted octanol–water partition coefficient (Wildman–Crippen LogP) is 3.67. The van der Waals surface area contributed by atoms with Crippen molar-refractivity contribution in [1.82, 2.24) is 15.3 Å². The molecule has 0 fully saturated rings. The number of hydrogen-bond donors (Lipinski definition) is 1. The molecule has 4 nitrogen and oxygen atoms in total. The van der Waals surface area contributed by atoms with Crippen LogP contribution in [0.5, 0.6) is 5.75 Å². The molecule has 0 spiro atoms. The Hall–Kier alpha value is -1.16. The summed E-state index contributed by atoms with van der Waals surface area (Å²) in [5.74, 6) is 2.04. The number of rotatable bonds is 9. The van der Waals surface area contributed by atoms with E-state index >= 15 is 0 Å². The molecule has 1 atom stereocenters. The van der Waals surface area contributed by atoms with Crippen LogP contribution >= 0.6 is 0 Å². The fourth-order valence-corrected chi connectivity index (χ4v) is 1.99. The summed E-state index contributed by atoms with van der Waals surface area (Å²) < 4.78 is 5.99. The molecule has 0 aromatic carbocycles. The first kappa shape index (κ1) is 16.9. The first-order valence-electron chi connectivity index (χ1n) is 7.81. The van der Waals surface area contributed by atoms with Crippen LogP contribution in [0.15, 0.2) is 6.20 Å². The molecule has 0 aliphatic carbocycles. The van der Waals surface area contributed by atoms with E-state index in [0.29, 0.717) is 5.92 Å². The van der Waals surface area contributed by atoms with Crippen molar-refractivity contribution >= 4 is 0 Å². The van der Waals surface area contributed by atoms with Crippen LogP contribution in [0.2, 0.25) is 0 Å². The third-order valence-corrected chi connectivity index (χ3v) is 3.11. The van der Waals surface area contributed by atoms with Crippen molar-refractivity contribution in [3.63, 3.8) is 0 Å². The average Bonchev–Trinajstić information content (AvgIpc) is 2.40. The minimum atomic E-state index is 0.207. The van der Waals surface area contributed by atoms with Crippen molar-refractivity contribution < 1.29 is 4.74 Å². The van der Waals surface area contributed by atoms with Gasteiger partial charge in [-0.3, -0.25) is 0 Å². The smallest absolute Gasteiger partial charge is 0.160 e. The van der Waals surface area contributed by atoms with Crippen LogP contribution in [-0.2, 0) is 6.54 Å². The van der Waals surface area contributed by atoms with Gasteiger partial charge in [0.05, 0.1) is 18.0 Å². The minimum Gasteiger partial charge on any atom is -0.487 e. The summed E-state index contributed by atoms with van der Waals surface area (Å²) in [5, 5.41) is 3.39. The molecule has 0 saturated carbocycles. The zero-order valence-corrected chi connectivity index (χ0v) is 13.6. The fraction of sp³-hybridized carbons (Fsp3) is 0.750. The summed E-state index contributed by atoms with van der Waals surface area (Å²) >= 11 is 0. The first-order chi connectivity index (χ1) is 9.58. The Labute approximate surface area is 123 Å². The maximum Gasteiger partial charge on any atom is 0.160 e. The van der Waals surface area contributed by atoms with Gasteiger partial charge in [0.15, 0.2) is 5.75 Å². The number of nitrogens with one attached hydrogen (secondary N) is 1. The molecular weight excluding hydrogens is 250 g/mol. The van der Waals surface area contributed by atoms with Gasteiger partial charge in [-0.25, -0.2) is 9.97 Å². The zero-order chi connectivity index (χ0) is 15.0. The molecule has 0 radical (unpaired) electrons. The second kappa shape index (κ2) is 8.90. The quantitative estimate of drug-likeness (QED) is 0.701. The van der Waals surface area contributed by atoms with E-state index in [9.17, 15) is 0 Å². The van der Waals surface area contributed by atoms with Crippen molar-refractivity contribution in [2.45, 2.75) is 72.4 Å². The summed E-state index contributed by atoms with van der Waals surface area (Å²) in [5.41, 5.74) is 0.972. The molecule has 20 heavy (non-hydrogen) atoms. The zero-order valence-electron chi connectivity index (χ0n) is 13.6. The molecule has 114 valence electrons. The van der Waals surface area contributed by atoms with Crippen LogP contribution in [0, 0.1) is 0 Å². The Morgan fingerprint density at radius 1 is 1.20 bits per heavy atom. The standard InChI is InChI=1S/C16H29N3O/c1-6-8-13(5)20-15-11-18-16(12(3)4)19-14(15)10-17-9-7-2/h11-13,17H,6-10H2,1-5H3. The van der Waals surface area contributed by atoms with E-state index in [2.05, 4.69) is 49.9 Å². The van der Waals surface area contributed by atoms with E-state index in [1.54, 1.807) is 0 Å². The molecule has 0 aliphatic heterocycles. The van der Waals surface area contributed by atoms with Gasteiger partial charge in [0.25, 0.3) is 0 Å². The highest BCUT2D eigenvalue weighted by molar-refractivity contribution is 5.25. The number of ether oxygens (including phenoxy) is 1. The molecule has 1 unspecified atom stereocenters. The molecule has 1 heterocycles. The highest BCUT2D eigenvalue weighted by atomic mass is 16.5. The monoisotopic (exact) mass is 279 g/mol. The molecule has 1 aromatic heterocycles. The van der Waals surface area contributed by atoms with Crippen LogP contribution in [0.1, 0.15) is 71.3 Å². The minimum absolute atomic E-state index is 0.207. The van der Waals surface area contributed by atoms with Gasteiger partial charge in [-0.05, 0) is 26.3 Å². The predicted molar refractivity (Wildman–Crippen MR) is 83.1 cm³/mol. The van der Waals surface area contributed by atoms with Crippen LogP contribution in [0.4, 0.5) is 0 Å². The normalized spacial score (nSPS) is 12.7. The van der Waals surface area contributed by atoms with Gasteiger partial charge < -0.3 is 10.1 Å². The van der Waals surface area contributed by atoms with Gasteiger partial charge in [0.1, 0.15) is 5.82 Å². The first-order valence-corrected chi connectivity index (χ1v) is 7.81. The van der Waals surface area contributed by atoms with Gasteiger partial charge in [-0.1, -0.05) is 34.1 Å². The van der Waals surface area contributed by atoms with Gasteiger partial charge in [-0.15, -0.1) is 0 Å². The highest BCUT2D eigenvalue weighted by Gasteiger charge is 2.13. The third-order valence-electron chi connectivity index (χ3n) is 3.11. The lowest BCUT2D eigenvalue weighted by molar-refractivity contribution is 0.205. The number of aromatic nitrogens is 2. The molecule has 0 bridgehead atoms. The second-order valence-corrected chi connectivity index (χ2v) is 5.59. The molecule has 1 aromatic rings. The van der Waals surface area contributed by atoms with Crippen molar-refractivity contribution in [2.24, 2.45) is 0 Å². The van der Waals surface area contributed by atoms with Gasteiger partial charge in [0, 0.05) is 12.5 Å². The maximum absolute atomic E-state index is 5.99. The molecule has 0 aliphatic rings.